The molecule has 1 aromatic carbocycles. The Morgan fingerprint density at radius 2 is 1.72 bits per heavy atom. The minimum Gasteiger partial charge on any atom is -0.477 e. The number of hydrogen-bond donors (Lipinski definition) is 1. The summed E-state index contributed by atoms with van der Waals surface area (Å²) in [5.74, 6) is -1.20. The van der Waals surface area contributed by atoms with Crippen molar-refractivity contribution in [2.45, 2.75) is 6.92 Å². The van der Waals surface area contributed by atoms with Crippen molar-refractivity contribution in [2.24, 2.45) is 7.05 Å². The summed E-state index contributed by atoms with van der Waals surface area (Å²) in [4.78, 5) is 22.7. The van der Waals surface area contributed by atoms with Gasteiger partial charge in [-0.25, -0.2) is 4.79 Å². The van der Waals surface area contributed by atoms with Gasteiger partial charge in [-0.1, -0.05) is 29.8 Å². The lowest BCUT2D eigenvalue weighted by atomic mass is 10.1. The van der Waals surface area contributed by atoms with E-state index < -0.39 is 11.5 Å². The zero-order chi connectivity index (χ0) is 13.3. The molecule has 0 atom stereocenters. The lowest BCUT2D eigenvalue weighted by Gasteiger charge is -2.09. The predicted molar refractivity (Wildman–Crippen MR) is 68.8 cm³/mol. The van der Waals surface area contributed by atoms with Gasteiger partial charge < -0.3 is 9.67 Å². The van der Waals surface area contributed by atoms with Crippen LogP contribution in [0.1, 0.15) is 15.9 Å². The van der Waals surface area contributed by atoms with Crippen molar-refractivity contribution in [3.8, 4) is 11.3 Å². The normalized spacial score (nSPS) is 10.3. The van der Waals surface area contributed by atoms with Crippen molar-refractivity contribution in [3.05, 3.63) is 57.9 Å². The van der Waals surface area contributed by atoms with Crippen LogP contribution >= 0.6 is 0 Å². The van der Waals surface area contributed by atoms with Gasteiger partial charge in [0.05, 0.1) is 5.69 Å². The second-order valence-corrected chi connectivity index (χ2v) is 4.17. The van der Waals surface area contributed by atoms with Gasteiger partial charge in [0, 0.05) is 7.05 Å². The van der Waals surface area contributed by atoms with Crippen LogP contribution in [0.4, 0.5) is 0 Å². The molecule has 0 spiro atoms. The number of carboxylic acid groups (broad SMARTS) is 1. The summed E-state index contributed by atoms with van der Waals surface area (Å²) in [6.45, 7) is 1.98. The highest BCUT2D eigenvalue weighted by atomic mass is 16.4. The third kappa shape index (κ3) is 2.05. The number of nitrogens with zero attached hydrogens (tertiary/aromatic N) is 1. The van der Waals surface area contributed by atoms with E-state index in [0.29, 0.717) is 5.69 Å². The molecule has 92 valence electrons. The van der Waals surface area contributed by atoms with Crippen LogP contribution in [0, 0.1) is 6.92 Å². The summed E-state index contributed by atoms with van der Waals surface area (Å²) in [5.41, 5.74) is 2.00. The summed E-state index contributed by atoms with van der Waals surface area (Å²) in [7, 11) is 1.57. The van der Waals surface area contributed by atoms with E-state index in [9.17, 15) is 9.59 Å². The molecule has 0 radical (unpaired) electrons. The molecular weight excluding hydrogens is 230 g/mol. The van der Waals surface area contributed by atoms with Crippen LogP contribution < -0.4 is 5.56 Å². The van der Waals surface area contributed by atoms with Crippen LogP contribution in [-0.4, -0.2) is 15.6 Å². The van der Waals surface area contributed by atoms with Gasteiger partial charge in [-0.15, -0.1) is 0 Å². The average molecular weight is 243 g/mol. The number of aromatic carboxylic acids is 1. The van der Waals surface area contributed by atoms with Crippen LogP contribution in [0.25, 0.3) is 11.3 Å². The van der Waals surface area contributed by atoms with Crippen LogP contribution in [0.15, 0.2) is 41.2 Å². The van der Waals surface area contributed by atoms with E-state index in [2.05, 4.69) is 0 Å². The fourth-order valence-corrected chi connectivity index (χ4v) is 1.81. The lowest BCUT2D eigenvalue weighted by Crippen LogP contribution is -2.25. The summed E-state index contributed by atoms with van der Waals surface area (Å²) in [5, 5.41) is 8.87. The molecule has 2 rings (SSSR count). The van der Waals surface area contributed by atoms with Crippen LogP contribution in [0.3, 0.4) is 0 Å². The predicted octanol–water partition coefficient (Wildman–Crippen LogP) is 2.06. The maximum Gasteiger partial charge on any atom is 0.341 e. The lowest BCUT2D eigenvalue weighted by molar-refractivity contribution is 0.0694. The Balaban J connectivity index is 2.61. The summed E-state index contributed by atoms with van der Waals surface area (Å²) in [6, 6.07) is 10.7. The molecule has 0 aliphatic carbocycles. The molecule has 4 nitrogen and oxygen atoms in total. The van der Waals surface area contributed by atoms with Gasteiger partial charge in [0.2, 0.25) is 0 Å². The number of aromatic nitrogens is 1. The molecule has 0 fully saturated rings. The third-order valence-corrected chi connectivity index (χ3v) is 2.88. The van der Waals surface area contributed by atoms with Gasteiger partial charge in [-0.3, -0.25) is 4.79 Å². The fraction of sp³-hybridized carbons (Fsp3) is 0.143. The van der Waals surface area contributed by atoms with Gasteiger partial charge in [0.15, 0.2) is 0 Å². The van der Waals surface area contributed by atoms with Gasteiger partial charge in [0.25, 0.3) is 5.56 Å². The van der Waals surface area contributed by atoms with Crippen molar-refractivity contribution in [2.75, 3.05) is 0 Å². The zero-order valence-corrected chi connectivity index (χ0v) is 10.2. The fourth-order valence-electron chi connectivity index (χ4n) is 1.81. The maximum atomic E-state index is 11.9. The van der Waals surface area contributed by atoms with Crippen molar-refractivity contribution in [3.63, 3.8) is 0 Å². The minimum absolute atomic E-state index is 0.214. The molecule has 0 bridgehead atoms. The SMILES string of the molecule is Cc1ccc(-c2ccc(C(=O)O)c(=O)n2C)cc1. The molecule has 4 heteroatoms. The first-order chi connectivity index (χ1) is 8.50. The molecule has 0 saturated carbocycles. The van der Waals surface area contributed by atoms with E-state index in [1.54, 1.807) is 13.1 Å². The molecule has 0 unspecified atom stereocenters. The van der Waals surface area contributed by atoms with Crippen molar-refractivity contribution in [1.29, 1.82) is 0 Å². The maximum absolute atomic E-state index is 11.9. The summed E-state index contributed by atoms with van der Waals surface area (Å²) in [6.07, 6.45) is 0. The summed E-state index contributed by atoms with van der Waals surface area (Å²) < 4.78 is 1.36. The number of hydrogen-bond acceptors (Lipinski definition) is 2. The Labute approximate surface area is 104 Å². The first-order valence-corrected chi connectivity index (χ1v) is 5.51. The second-order valence-electron chi connectivity index (χ2n) is 4.17. The molecule has 2 aromatic rings. The molecule has 0 aliphatic heterocycles. The number of aryl methyl sites for hydroxylation is 1. The highest BCUT2D eigenvalue weighted by molar-refractivity contribution is 5.87. The smallest absolute Gasteiger partial charge is 0.341 e. The highest BCUT2D eigenvalue weighted by Crippen LogP contribution is 2.18. The molecule has 0 saturated heterocycles. The first-order valence-electron chi connectivity index (χ1n) is 5.51. The molecule has 0 amide bonds. The van der Waals surface area contributed by atoms with E-state index >= 15 is 0 Å². The zero-order valence-electron chi connectivity index (χ0n) is 10.2. The van der Waals surface area contributed by atoms with Gasteiger partial charge in [-0.05, 0) is 24.6 Å². The minimum atomic E-state index is -1.20. The Morgan fingerprint density at radius 3 is 2.28 bits per heavy atom. The second kappa shape index (κ2) is 4.49. The monoisotopic (exact) mass is 243 g/mol. The number of carbonyl (C=O) groups is 1. The topological polar surface area (TPSA) is 59.3 Å². The molecule has 1 N–H and O–H groups in total. The van der Waals surface area contributed by atoms with Gasteiger partial charge >= 0.3 is 5.97 Å². The quantitative estimate of drug-likeness (QED) is 0.878. The van der Waals surface area contributed by atoms with Gasteiger partial charge in [-0.2, -0.15) is 0 Å². The van der Waals surface area contributed by atoms with Crippen LogP contribution in [-0.2, 0) is 7.05 Å². The van der Waals surface area contributed by atoms with E-state index in [1.807, 2.05) is 31.2 Å². The van der Waals surface area contributed by atoms with Crippen LogP contribution in [0.2, 0.25) is 0 Å². The van der Waals surface area contributed by atoms with E-state index in [4.69, 9.17) is 5.11 Å². The van der Waals surface area contributed by atoms with Crippen molar-refractivity contribution >= 4 is 5.97 Å². The highest BCUT2D eigenvalue weighted by Gasteiger charge is 2.12. The molecular formula is C14H13NO3. The average Bonchev–Trinajstić information content (AvgIpc) is 2.33. The van der Waals surface area contributed by atoms with E-state index in [1.165, 1.54) is 10.6 Å². The standard InChI is InChI=1S/C14H13NO3/c1-9-3-5-10(6-4-9)12-8-7-11(14(17)18)13(16)15(12)2/h3-8H,1-2H3,(H,17,18). The van der Waals surface area contributed by atoms with Crippen LogP contribution in [0.5, 0.6) is 0 Å². The third-order valence-electron chi connectivity index (χ3n) is 2.88. The molecule has 18 heavy (non-hydrogen) atoms. The Bertz CT molecular complexity index is 654. The molecule has 1 heterocycles. The number of rotatable bonds is 2. The number of benzene rings is 1. The Kier molecular flexibility index (Phi) is 3.02. The molecule has 1 aromatic heterocycles. The first kappa shape index (κ1) is 12.1. The number of pyridine rings is 1. The van der Waals surface area contributed by atoms with E-state index in [-0.39, 0.29) is 5.56 Å². The number of carboxylic acids is 1. The Morgan fingerprint density at radius 1 is 1.11 bits per heavy atom. The van der Waals surface area contributed by atoms with Crippen molar-refractivity contribution < 1.29 is 9.90 Å². The van der Waals surface area contributed by atoms with Gasteiger partial charge in [0.1, 0.15) is 5.56 Å². The largest absolute Gasteiger partial charge is 0.477 e. The Hall–Kier alpha value is -2.36. The van der Waals surface area contributed by atoms with E-state index in [0.717, 1.165) is 11.1 Å². The van der Waals surface area contributed by atoms with Crippen molar-refractivity contribution in [1.82, 2.24) is 4.57 Å². The molecule has 0 aliphatic rings. The summed E-state index contributed by atoms with van der Waals surface area (Å²) >= 11 is 0.